The van der Waals surface area contributed by atoms with E-state index in [0.717, 1.165) is 11.1 Å². The number of imidazole rings is 1. The number of benzene rings is 3. The topological polar surface area (TPSA) is 85.7 Å². The Hall–Kier alpha value is -4.30. The number of aromatic nitrogens is 2. The zero-order chi connectivity index (χ0) is 27.1. The number of ether oxygens (including phenoxy) is 2. The Balaban J connectivity index is 1.65. The molecule has 4 aromatic rings. The van der Waals surface area contributed by atoms with Crippen molar-refractivity contribution in [3.8, 4) is 28.4 Å². The second-order valence-electron chi connectivity index (χ2n) is 8.50. The first-order valence-corrected chi connectivity index (χ1v) is 12.5. The van der Waals surface area contributed by atoms with Gasteiger partial charge in [-0.1, -0.05) is 61.0 Å². The zero-order valence-electron chi connectivity index (χ0n) is 21.5. The molecular weight excluding hydrogens is 504 g/mol. The minimum absolute atomic E-state index is 0.114. The molecule has 1 heterocycles. The van der Waals surface area contributed by atoms with Crippen LogP contribution in [-0.2, 0) is 16.1 Å². The van der Waals surface area contributed by atoms with E-state index in [1.54, 1.807) is 50.0 Å². The Kier molecular flexibility index (Phi) is 8.66. The van der Waals surface area contributed by atoms with Gasteiger partial charge < -0.3 is 14.4 Å². The normalized spacial score (nSPS) is 10.6. The number of rotatable bonds is 10. The van der Waals surface area contributed by atoms with E-state index in [2.05, 4.69) is 5.32 Å². The highest BCUT2D eigenvalue weighted by Crippen LogP contribution is 2.32. The van der Waals surface area contributed by atoms with Crippen LogP contribution in [-0.4, -0.2) is 47.0 Å². The number of amides is 2. The SMILES string of the molecule is CCC(=O)N(CC(=O)Nc1nc(-c2ccc(Cl)cc2)cn1-c1ccc(OC)c(OC)c1)Cc1ccccc1. The standard InChI is InChI=1S/C29H29ClN4O4/c1-4-28(36)33(17-20-8-6-5-7-9-20)19-27(35)32-29-31-24(21-10-12-22(30)13-11-21)18-34(29)23-14-15-25(37-2)26(16-23)38-3/h5-16,18H,4,17,19H2,1-3H3,(H,31,32,35). The number of hydrogen-bond acceptors (Lipinski definition) is 5. The molecule has 0 fully saturated rings. The number of carbonyl (C=O) groups excluding carboxylic acids is 2. The molecule has 2 amide bonds. The average molecular weight is 533 g/mol. The van der Waals surface area contributed by atoms with Crippen molar-refractivity contribution < 1.29 is 19.1 Å². The van der Waals surface area contributed by atoms with Gasteiger partial charge in [-0.3, -0.25) is 19.5 Å². The van der Waals surface area contributed by atoms with Gasteiger partial charge in [-0.15, -0.1) is 0 Å². The molecule has 0 aliphatic carbocycles. The molecule has 0 aliphatic rings. The highest BCUT2D eigenvalue weighted by atomic mass is 35.5. The van der Waals surface area contributed by atoms with Gasteiger partial charge in [-0.25, -0.2) is 4.98 Å². The van der Waals surface area contributed by atoms with E-state index in [-0.39, 0.29) is 18.4 Å². The van der Waals surface area contributed by atoms with Gasteiger partial charge in [-0.2, -0.15) is 0 Å². The second-order valence-corrected chi connectivity index (χ2v) is 8.94. The van der Waals surface area contributed by atoms with Crippen LogP contribution < -0.4 is 14.8 Å². The van der Waals surface area contributed by atoms with Crippen LogP contribution >= 0.6 is 11.6 Å². The molecule has 0 bridgehead atoms. The summed E-state index contributed by atoms with van der Waals surface area (Å²) < 4.78 is 12.6. The third-order valence-corrected chi connectivity index (χ3v) is 6.20. The highest BCUT2D eigenvalue weighted by Gasteiger charge is 2.20. The lowest BCUT2D eigenvalue weighted by atomic mass is 10.2. The quantitative estimate of drug-likeness (QED) is 0.288. The van der Waals surface area contributed by atoms with Crippen LogP contribution in [0, 0.1) is 0 Å². The summed E-state index contributed by atoms with van der Waals surface area (Å²) >= 11 is 6.07. The van der Waals surface area contributed by atoms with Gasteiger partial charge in [0.1, 0.15) is 6.54 Å². The first kappa shape index (κ1) is 26.8. The molecule has 1 aromatic heterocycles. The lowest BCUT2D eigenvalue weighted by molar-refractivity contribution is -0.135. The average Bonchev–Trinajstić information content (AvgIpc) is 3.36. The summed E-state index contributed by atoms with van der Waals surface area (Å²) in [6, 6.07) is 22.3. The number of halogens is 1. The van der Waals surface area contributed by atoms with E-state index >= 15 is 0 Å². The van der Waals surface area contributed by atoms with Crippen molar-refractivity contribution in [2.45, 2.75) is 19.9 Å². The maximum absolute atomic E-state index is 13.2. The van der Waals surface area contributed by atoms with Gasteiger partial charge in [0.05, 0.1) is 25.6 Å². The summed E-state index contributed by atoms with van der Waals surface area (Å²) in [4.78, 5) is 32.1. The molecule has 8 nitrogen and oxygen atoms in total. The maximum Gasteiger partial charge on any atom is 0.246 e. The van der Waals surface area contributed by atoms with E-state index in [1.807, 2.05) is 54.7 Å². The van der Waals surface area contributed by atoms with Crippen LogP contribution in [0.15, 0.2) is 79.0 Å². The van der Waals surface area contributed by atoms with E-state index in [1.165, 1.54) is 4.90 Å². The zero-order valence-corrected chi connectivity index (χ0v) is 22.2. The molecule has 0 unspecified atom stereocenters. The summed E-state index contributed by atoms with van der Waals surface area (Å²) in [6.45, 7) is 2.00. The summed E-state index contributed by atoms with van der Waals surface area (Å²) in [5.41, 5.74) is 3.11. The van der Waals surface area contributed by atoms with Crippen molar-refractivity contribution >= 4 is 29.4 Å². The van der Waals surface area contributed by atoms with E-state index in [0.29, 0.717) is 46.8 Å². The first-order chi connectivity index (χ1) is 18.4. The Bertz CT molecular complexity index is 1400. The molecule has 4 rings (SSSR count). The fourth-order valence-corrected chi connectivity index (χ4v) is 4.12. The molecule has 38 heavy (non-hydrogen) atoms. The van der Waals surface area contributed by atoms with Crippen molar-refractivity contribution in [1.82, 2.24) is 14.5 Å². The lowest BCUT2D eigenvalue weighted by Crippen LogP contribution is -2.37. The Morgan fingerprint density at radius 2 is 1.68 bits per heavy atom. The molecular formula is C29H29ClN4O4. The molecule has 0 atom stereocenters. The molecule has 0 aliphatic heterocycles. The third-order valence-electron chi connectivity index (χ3n) is 5.95. The molecule has 9 heteroatoms. The number of hydrogen-bond donors (Lipinski definition) is 1. The minimum Gasteiger partial charge on any atom is -0.493 e. The van der Waals surface area contributed by atoms with E-state index in [9.17, 15) is 9.59 Å². The Labute approximate surface area is 226 Å². The van der Waals surface area contributed by atoms with Crippen LogP contribution in [0.4, 0.5) is 5.95 Å². The van der Waals surface area contributed by atoms with Crippen LogP contribution in [0.25, 0.3) is 16.9 Å². The number of nitrogens with one attached hydrogen (secondary N) is 1. The van der Waals surface area contributed by atoms with E-state index < -0.39 is 0 Å². The molecule has 0 saturated heterocycles. The van der Waals surface area contributed by atoms with Crippen molar-refractivity contribution in [2.75, 3.05) is 26.1 Å². The largest absolute Gasteiger partial charge is 0.493 e. The fraction of sp³-hybridized carbons (Fsp3) is 0.207. The predicted molar refractivity (Wildman–Crippen MR) is 148 cm³/mol. The molecule has 1 N–H and O–H groups in total. The summed E-state index contributed by atoms with van der Waals surface area (Å²) in [6.07, 6.45) is 2.11. The number of methoxy groups -OCH3 is 2. The second kappa shape index (κ2) is 12.3. The molecule has 196 valence electrons. The van der Waals surface area contributed by atoms with Crippen LogP contribution in [0.5, 0.6) is 11.5 Å². The van der Waals surface area contributed by atoms with Gasteiger partial charge in [-0.05, 0) is 29.8 Å². The van der Waals surface area contributed by atoms with Crippen molar-refractivity contribution in [2.24, 2.45) is 0 Å². The number of carbonyl (C=O) groups is 2. The predicted octanol–water partition coefficient (Wildman–Crippen LogP) is 5.59. The molecule has 3 aromatic carbocycles. The van der Waals surface area contributed by atoms with Crippen molar-refractivity contribution in [3.05, 3.63) is 89.6 Å². The van der Waals surface area contributed by atoms with Gasteiger partial charge in [0.15, 0.2) is 11.5 Å². The van der Waals surface area contributed by atoms with Crippen LogP contribution in [0.2, 0.25) is 5.02 Å². The fourth-order valence-electron chi connectivity index (χ4n) is 4.00. The smallest absolute Gasteiger partial charge is 0.246 e. The maximum atomic E-state index is 13.2. The van der Waals surface area contributed by atoms with E-state index in [4.69, 9.17) is 26.1 Å². The first-order valence-electron chi connectivity index (χ1n) is 12.1. The Morgan fingerprint density at radius 1 is 0.974 bits per heavy atom. The van der Waals surface area contributed by atoms with Gasteiger partial charge in [0.25, 0.3) is 0 Å². The van der Waals surface area contributed by atoms with Gasteiger partial charge in [0.2, 0.25) is 17.8 Å². The summed E-state index contributed by atoms with van der Waals surface area (Å²) in [7, 11) is 3.13. The Morgan fingerprint density at radius 3 is 2.34 bits per heavy atom. The van der Waals surface area contributed by atoms with Crippen molar-refractivity contribution in [1.29, 1.82) is 0 Å². The minimum atomic E-state index is -0.363. The summed E-state index contributed by atoms with van der Waals surface area (Å²) in [5, 5.41) is 3.50. The summed E-state index contributed by atoms with van der Waals surface area (Å²) in [5.74, 6) is 0.934. The van der Waals surface area contributed by atoms with Crippen LogP contribution in [0.1, 0.15) is 18.9 Å². The molecule has 0 spiro atoms. The number of nitrogens with zero attached hydrogens (tertiary/aromatic N) is 3. The van der Waals surface area contributed by atoms with Crippen LogP contribution in [0.3, 0.4) is 0 Å². The molecule has 0 saturated carbocycles. The van der Waals surface area contributed by atoms with Gasteiger partial charge >= 0.3 is 0 Å². The third kappa shape index (κ3) is 6.33. The molecule has 0 radical (unpaired) electrons. The van der Waals surface area contributed by atoms with Gasteiger partial charge in [0, 0.05) is 35.8 Å². The monoisotopic (exact) mass is 532 g/mol. The van der Waals surface area contributed by atoms with Crippen molar-refractivity contribution in [3.63, 3.8) is 0 Å². The number of anilines is 1. The highest BCUT2D eigenvalue weighted by molar-refractivity contribution is 6.30. The lowest BCUT2D eigenvalue weighted by Gasteiger charge is -2.22.